The average molecular weight is 1430 g/mol. The Morgan fingerprint density at radius 1 is 0.134 bits per heavy atom. The summed E-state index contributed by atoms with van der Waals surface area (Å²) < 4.78 is 9.15. The van der Waals surface area contributed by atoms with Gasteiger partial charge in [0.15, 0.2) is 23.3 Å². The van der Waals surface area contributed by atoms with Crippen molar-refractivity contribution < 1.29 is 0 Å². The predicted molar refractivity (Wildman–Crippen MR) is 460 cm³/mol. The first-order valence-electron chi connectivity index (χ1n) is 37.7. The van der Waals surface area contributed by atoms with Crippen molar-refractivity contribution in [2.24, 2.45) is 0 Å². The van der Waals surface area contributed by atoms with Crippen molar-refractivity contribution in [1.82, 2.24) is 48.2 Å². The molecule has 0 N–H and O–H groups in total. The number of benzene rings is 16. The molecular formula is C102H66N10. The van der Waals surface area contributed by atoms with Crippen molar-refractivity contribution in [2.75, 3.05) is 0 Å². The Morgan fingerprint density at radius 2 is 0.366 bits per heavy atom. The molecule has 0 atom stereocenters. The van der Waals surface area contributed by atoms with E-state index in [2.05, 4.69) is 394 Å². The van der Waals surface area contributed by atoms with E-state index in [1.165, 1.54) is 38.1 Å². The van der Waals surface area contributed by atoms with Gasteiger partial charge in [-0.15, -0.1) is 0 Å². The summed E-state index contributed by atoms with van der Waals surface area (Å²) in [5, 5.41) is 9.40. The quantitative estimate of drug-likeness (QED) is 0.121. The molecule has 0 radical (unpaired) electrons. The largest absolute Gasteiger partial charge is 0.309 e. The molecule has 0 unspecified atom stereocenters. The molecule has 0 spiro atoms. The van der Waals surface area contributed by atoms with Crippen LogP contribution in [0.1, 0.15) is 0 Å². The molecule has 6 heterocycles. The molecular weight excluding hydrogens is 1370 g/mol. The van der Waals surface area contributed by atoms with Crippen molar-refractivity contribution in [2.45, 2.75) is 0 Å². The van der Waals surface area contributed by atoms with Gasteiger partial charge in [-0.3, -0.25) is 9.13 Å². The number of fused-ring (bicyclic) bond motifs is 12. The van der Waals surface area contributed by atoms with Crippen LogP contribution in [0.4, 0.5) is 0 Å². The third-order valence-corrected chi connectivity index (χ3v) is 21.5. The van der Waals surface area contributed by atoms with E-state index >= 15 is 0 Å². The van der Waals surface area contributed by atoms with Crippen LogP contribution in [0.25, 0.3) is 201 Å². The lowest BCUT2D eigenvalue weighted by Crippen LogP contribution is -2.06. The summed E-state index contributed by atoms with van der Waals surface area (Å²) in [6.45, 7) is 0. The van der Waals surface area contributed by atoms with Crippen LogP contribution in [0, 0.1) is 0 Å². The van der Waals surface area contributed by atoms with Crippen molar-refractivity contribution in [3.05, 3.63) is 400 Å². The monoisotopic (exact) mass is 1430 g/mol. The maximum Gasteiger partial charge on any atom is 0.238 e. The van der Waals surface area contributed by atoms with E-state index in [0.29, 0.717) is 35.2 Å². The Morgan fingerprint density at radius 3 is 0.696 bits per heavy atom. The average Bonchev–Trinajstić information content (AvgIpc) is 1.56. The second kappa shape index (κ2) is 27.5. The van der Waals surface area contributed by atoms with Crippen LogP contribution in [-0.2, 0) is 0 Å². The van der Waals surface area contributed by atoms with Gasteiger partial charge in [0.1, 0.15) is 0 Å². The molecule has 0 bridgehead atoms. The number of hydrogen-bond donors (Lipinski definition) is 0. The summed E-state index contributed by atoms with van der Waals surface area (Å²) >= 11 is 0. The molecule has 22 aromatic rings. The van der Waals surface area contributed by atoms with Gasteiger partial charge >= 0.3 is 0 Å². The Bertz CT molecular complexity index is 7240. The number of nitrogens with zero attached hydrogens (tertiary/aromatic N) is 10. The van der Waals surface area contributed by atoms with Gasteiger partial charge in [0.2, 0.25) is 11.9 Å². The highest BCUT2D eigenvalue weighted by Crippen LogP contribution is 2.43. The van der Waals surface area contributed by atoms with Gasteiger partial charge in [-0.2, -0.15) is 19.9 Å². The van der Waals surface area contributed by atoms with E-state index in [1.54, 1.807) is 0 Å². The van der Waals surface area contributed by atoms with Crippen LogP contribution in [0.2, 0.25) is 0 Å². The van der Waals surface area contributed by atoms with Crippen molar-refractivity contribution in [3.63, 3.8) is 0 Å². The Balaban J connectivity index is 0.000000141. The van der Waals surface area contributed by atoms with Gasteiger partial charge in [0.05, 0.1) is 44.1 Å². The van der Waals surface area contributed by atoms with Gasteiger partial charge in [0, 0.05) is 76.7 Å². The van der Waals surface area contributed by atoms with E-state index in [-0.39, 0.29) is 0 Å². The van der Waals surface area contributed by atoms with Crippen molar-refractivity contribution >= 4 is 87.2 Å². The SMILES string of the molecule is c1ccc(-c2ccc(-c3nc(-c4cccc(-c5ccccc5)c4)nc(-n4c5ccccc5c5cc6c7ccccc7n(-c7ccccc7)c6cc54)n3)cc2)cc1.c1ccc(-c2cccc(-c3nc(-c4cccc(-c5ccccc5)c4)nc(-n4c5ccccc5c5cc6c7ccccc7n(-c7ccccc7)c6cc54)n3)c2)cc1. The van der Waals surface area contributed by atoms with Gasteiger partial charge in [-0.05, 0) is 136 Å². The molecule has 0 aliphatic rings. The molecule has 0 saturated heterocycles. The minimum Gasteiger partial charge on any atom is -0.309 e. The molecule has 10 heteroatoms. The first kappa shape index (κ1) is 65.1. The predicted octanol–water partition coefficient (Wildman–Crippen LogP) is 25.5. The highest BCUT2D eigenvalue weighted by Gasteiger charge is 2.25. The molecule has 0 saturated carbocycles. The van der Waals surface area contributed by atoms with Crippen LogP contribution in [0.15, 0.2) is 400 Å². The lowest BCUT2D eigenvalue weighted by molar-refractivity contribution is 0.953. The summed E-state index contributed by atoms with van der Waals surface area (Å²) in [6.07, 6.45) is 0. The zero-order valence-electron chi connectivity index (χ0n) is 60.6. The molecule has 22 rings (SSSR count). The van der Waals surface area contributed by atoms with Gasteiger partial charge < -0.3 is 9.13 Å². The van der Waals surface area contributed by atoms with Crippen LogP contribution in [0.3, 0.4) is 0 Å². The van der Waals surface area contributed by atoms with Crippen LogP contribution >= 0.6 is 0 Å². The second-order valence-electron chi connectivity index (χ2n) is 28.2. The summed E-state index contributed by atoms with van der Waals surface area (Å²) in [5.41, 5.74) is 23.6. The van der Waals surface area contributed by atoms with E-state index in [4.69, 9.17) is 29.9 Å². The fraction of sp³-hybridized carbons (Fsp3) is 0. The normalized spacial score (nSPS) is 11.6. The zero-order valence-corrected chi connectivity index (χ0v) is 60.6. The first-order valence-corrected chi connectivity index (χ1v) is 37.7. The maximum absolute atomic E-state index is 5.32. The van der Waals surface area contributed by atoms with Crippen LogP contribution in [-0.4, -0.2) is 48.2 Å². The second-order valence-corrected chi connectivity index (χ2v) is 28.2. The third kappa shape index (κ3) is 11.5. The summed E-state index contributed by atoms with van der Waals surface area (Å²) in [4.78, 5) is 31.6. The molecule has 0 fully saturated rings. The smallest absolute Gasteiger partial charge is 0.238 e. The molecule has 0 aliphatic heterocycles. The molecule has 524 valence electrons. The Kier molecular flexibility index (Phi) is 16.0. The molecule has 0 amide bonds. The van der Waals surface area contributed by atoms with Crippen LogP contribution in [0.5, 0.6) is 0 Å². The molecule has 112 heavy (non-hydrogen) atoms. The minimum atomic E-state index is 0.563. The van der Waals surface area contributed by atoms with Crippen molar-refractivity contribution in [3.8, 4) is 113 Å². The summed E-state index contributed by atoms with van der Waals surface area (Å²) in [5.74, 6) is 3.57. The summed E-state index contributed by atoms with van der Waals surface area (Å²) in [7, 11) is 0. The number of rotatable bonds is 12. The first-order chi connectivity index (χ1) is 55.5. The minimum absolute atomic E-state index is 0.563. The van der Waals surface area contributed by atoms with Crippen molar-refractivity contribution in [1.29, 1.82) is 0 Å². The number of para-hydroxylation sites is 6. The van der Waals surface area contributed by atoms with E-state index in [9.17, 15) is 0 Å². The number of hydrogen-bond acceptors (Lipinski definition) is 6. The van der Waals surface area contributed by atoms with E-state index in [0.717, 1.165) is 127 Å². The van der Waals surface area contributed by atoms with Crippen LogP contribution < -0.4 is 0 Å². The lowest BCUT2D eigenvalue weighted by atomic mass is 10.0. The fourth-order valence-electron chi connectivity index (χ4n) is 16.3. The molecule has 10 nitrogen and oxygen atoms in total. The maximum atomic E-state index is 5.32. The van der Waals surface area contributed by atoms with Gasteiger partial charge in [0.25, 0.3) is 0 Å². The van der Waals surface area contributed by atoms with E-state index in [1.807, 2.05) is 24.3 Å². The Labute approximate surface area is 645 Å². The lowest BCUT2D eigenvalue weighted by Gasteiger charge is -2.13. The standard InChI is InChI=1S/2C51H33N5/c1-4-16-34(17-5-1)36-20-14-22-38(30-36)49-52-50(39-23-15-21-37(31-39)35-18-6-2-7-19-35)54-51(53-49)56-46-29-13-11-27-42(46)44-32-43-41-26-10-12-28-45(41)55(47(43)33-48(44)56)40-24-8-3-9-25-40;1-4-15-34(16-5-1)36-27-29-37(30-28-36)49-52-50(39-20-14-19-38(31-39)35-17-6-2-7-18-35)54-51(53-49)56-46-26-13-11-24-42(46)44-32-43-41-23-10-12-25-45(41)55(47(43)33-48(44)56)40-21-8-3-9-22-40/h2*1-33H. The molecule has 16 aromatic carbocycles. The van der Waals surface area contributed by atoms with Gasteiger partial charge in [-0.25, -0.2) is 9.97 Å². The van der Waals surface area contributed by atoms with Gasteiger partial charge in [-0.1, -0.05) is 309 Å². The topological polar surface area (TPSA) is 97.1 Å². The zero-order chi connectivity index (χ0) is 74.0. The highest BCUT2D eigenvalue weighted by molar-refractivity contribution is 6.21. The highest BCUT2D eigenvalue weighted by atomic mass is 15.2. The molecule has 6 aromatic heterocycles. The third-order valence-electron chi connectivity index (χ3n) is 21.5. The Hall–Kier alpha value is -15.3. The molecule has 0 aliphatic carbocycles. The summed E-state index contributed by atoms with van der Waals surface area (Å²) in [6, 6.07) is 141. The fourth-order valence-corrected chi connectivity index (χ4v) is 16.3. The van der Waals surface area contributed by atoms with E-state index < -0.39 is 0 Å². The number of aromatic nitrogens is 10.